The van der Waals surface area contributed by atoms with E-state index >= 15 is 0 Å². The number of aldehydes is 1. The number of nitrogens with one attached hydrogen (secondary N) is 1. The molecule has 0 spiro atoms. The molecular formula is C7H13N5O6. The van der Waals surface area contributed by atoms with Crippen LogP contribution in [-0.4, -0.2) is 77.7 Å². The van der Waals surface area contributed by atoms with Crippen LogP contribution in [-0.2, 0) is 9.59 Å². The van der Waals surface area contributed by atoms with E-state index in [1.165, 1.54) is 6.33 Å². The molecule has 0 aromatic carbocycles. The molecule has 18 heavy (non-hydrogen) atoms. The lowest BCUT2D eigenvalue weighted by Gasteiger charge is -2.21. The zero-order valence-electron chi connectivity index (χ0n) is 8.99. The number of aliphatic hydroxyl groups is 4. The third kappa shape index (κ3) is 5.40. The SMILES string of the molecule is NC(=O)C(O)C(O)C(O)C(O)C=O.c1nn[nH]n1. The van der Waals surface area contributed by atoms with E-state index in [1.54, 1.807) is 0 Å². The first-order chi connectivity index (χ1) is 8.41. The van der Waals surface area contributed by atoms with Gasteiger partial charge >= 0.3 is 0 Å². The molecule has 4 unspecified atom stereocenters. The third-order valence-electron chi connectivity index (χ3n) is 1.72. The Bertz CT molecular complexity index is 329. The van der Waals surface area contributed by atoms with Crippen molar-refractivity contribution in [2.45, 2.75) is 24.4 Å². The molecule has 4 atom stereocenters. The number of tetrazole rings is 1. The van der Waals surface area contributed by atoms with Crippen molar-refractivity contribution in [3.8, 4) is 0 Å². The van der Waals surface area contributed by atoms with E-state index < -0.39 is 30.3 Å². The number of carbonyl (C=O) groups is 2. The van der Waals surface area contributed by atoms with E-state index in [9.17, 15) is 9.59 Å². The van der Waals surface area contributed by atoms with Gasteiger partial charge in [0.15, 0.2) is 18.7 Å². The fourth-order valence-corrected chi connectivity index (χ4v) is 0.767. The Morgan fingerprint density at radius 2 is 1.89 bits per heavy atom. The van der Waals surface area contributed by atoms with E-state index in [2.05, 4.69) is 26.4 Å². The van der Waals surface area contributed by atoms with Crippen LogP contribution in [0.5, 0.6) is 0 Å². The molecule has 102 valence electrons. The van der Waals surface area contributed by atoms with Gasteiger partial charge in [0.05, 0.1) is 0 Å². The molecule has 1 aromatic rings. The van der Waals surface area contributed by atoms with E-state index in [1.807, 2.05) is 0 Å². The molecule has 1 heterocycles. The highest BCUT2D eigenvalue weighted by molar-refractivity contribution is 5.79. The second kappa shape index (κ2) is 8.19. The minimum atomic E-state index is -2.02. The maximum atomic E-state index is 10.3. The maximum absolute atomic E-state index is 10.3. The van der Waals surface area contributed by atoms with Gasteiger partial charge in [0, 0.05) is 0 Å². The van der Waals surface area contributed by atoms with E-state index in [0.29, 0.717) is 0 Å². The third-order valence-corrected chi connectivity index (χ3v) is 1.72. The number of nitrogens with zero attached hydrogens (tertiary/aromatic N) is 3. The van der Waals surface area contributed by atoms with Gasteiger partial charge in [-0.15, -0.1) is 10.2 Å². The summed E-state index contributed by atoms with van der Waals surface area (Å²) in [5.41, 5.74) is 4.59. The lowest BCUT2D eigenvalue weighted by atomic mass is 10.0. The Labute approximate surface area is 100 Å². The second-order valence-corrected chi connectivity index (χ2v) is 3.02. The Hall–Kier alpha value is -1.95. The molecule has 0 aliphatic heterocycles. The molecule has 1 amide bonds. The molecule has 0 aliphatic rings. The van der Waals surface area contributed by atoms with Crippen molar-refractivity contribution in [3.63, 3.8) is 0 Å². The van der Waals surface area contributed by atoms with Crippen LogP contribution in [0.25, 0.3) is 0 Å². The van der Waals surface area contributed by atoms with Gasteiger partial charge in [0.1, 0.15) is 18.3 Å². The first kappa shape index (κ1) is 16.1. The lowest BCUT2D eigenvalue weighted by molar-refractivity contribution is -0.147. The van der Waals surface area contributed by atoms with Crippen molar-refractivity contribution in [2.24, 2.45) is 5.73 Å². The van der Waals surface area contributed by atoms with Gasteiger partial charge in [-0.3, -0.25) is 4.79 Å². The van der Waals surface area contributed by atoms with Gasteiger partial charge in [-0.25, -0.2) is 0 Å². The van der Waals surface area contributed by atoms with Crippen LogP contribution in [0.1, 0.15) is 0 Å². The molecule has 11 nitrogen and oxygen atoms in total. The fraction of sp³-hybridized carbons (Fsp3) is 0.571. The number of hydrogen-bond donors (Lipinski definition) is 6. The van der Waals surface area contributed by atoms with Crippen molar-refractivity contribution in [1.29, 1.82) is 0 Å². The zero-order valence-corrected chi connectivity index (χ0v) is 8.99. The van der Waals surface area contributed by atoms with Crippen molar-refractivity contribution in [2.75, 3.05) is 0 Å². The molecular weight excluding hydrogens is 250 g/mol. The summed E-state index contributed by atoms with van der Waals surface area (Å²) < 4.78 is 0. The largest absolute Gasteiger partial charge is 0.387 e. The van der Waals surface area contributed by atoms with Crippen molar-refractivity contribution in [1.82, 2.24) is 20.6 Å². The number of aromatic amines is 1. The summed E-state index contributed by atoms with van der Waals surface area (Å²) in [7, 11) is 0. The van der Waals surface area contributed by atoms with Gasteiger partial charge in [-0.2, -0.15) is 5.21 Å². The number of aliphatic hydroxyl groups excluding tert-OH is 4. The van der Waals surface area contributed by atoms with E-state index in [4.69, 9.17) is 20.4 Å². The predicted octanol–water partition coefficient (Wildman–Crippen LogP) is -4.69. The smallest absolute Gasteiger partial charge is 0.249 e. The highest BCUT2D eigenvalue weighted by Crippen LogP contribution is 2.03. The second-order valence-electron chi connectivity index (χ2n) is 3.02. The lowest BCUT2D eigenvalue weighted by Crippen LogP contribution is -2.49. The van der Waals surface area contributed by atoms with Crippen LogP contribution in [0.2, 0.25) is 0 Å². The van der Waals surface area contributed by atoms with Crippen LogP contribution in [0.15, 0.2) is 6.33 Å². The van der Waals surface area contributed by atoms with Crippen LogP contribution in [0.3, 0.4) is 0 Å². The molecule has 0 fully saturated rings. The first-order valence-electron chi connectivity index (χ1n) is 4.55. The number of hydrogen-bond acceptors (Lipinski definition) is 9. The number of carbonyl (C=O) groups excluding carboxylic acids is 2. The summed E-state index contributed by atoms with van der Waals surface area (Å²) in [6.45, 7) is 0. The monoisotopic (exact) mass is 263 g/mol. The molecule has 1 rings (SSSR count). The molecule has 7 N–H and O–H groups in total. The summed E-state index contributed by atoms with van der Waals surface area (Å²) >= 11 is 0. The Morgan fingerprint density at radius 3 is 2.17 bits per heavy atom. The van der Waals surface area contributed by atoms with E-state index in [0.717, 1.165) is 0 Å². The normalized spacial score (nSPS) is 16.7. The molecule has 0 bridgehead atoms. The summed E-state index contributed by atoms with van der Waals surface area (Å²) in [6, 6.07) is 0. The van der Waals surface area contributed by atoms with Crippen LogP contribution in [0, 0.1) is 0 Å². The maximum Gasteiger partial charge on any atom is 0.249 e. The first-order valence-corrected chi connectivity index (χ1v) is 4.55. The Balaban J connectivity index is 0.000000473. The number of H-pyrrole nitrogens is 1. The van der Waals surface area contributed by atoms with Gasteiger partial charge in [0.25, 0.3) is 0 Å². The summed E-state index contributed by atoms with van der Waals surface area (Å²) in [6.07, 6.45) is -6.53. The molecule has 0 aliphatic carbocycles. The molecule has 0 saturated carbocycles. The van der Waals surface area contributed by atoms with Gasteiger partial charge < -0.3 is 31.0 Å². The molecule has 11 heteroatoms. The highest BCUT2D eigenvalue weighted by atomic mass is 16.4. The molecule has 0 saturated heterocycles. The van der Waals surface area contributed by atoms with Crippen molar-refractivity contribution in [3.05, 3.63) is 6.33 Å². The van der Waals surface area contributed by atoms with Crippen molar-refractivity contribution >= 4 is 12.2 Å². The number of primary amides is 1. The predicted molar refractivity (Wildman–Crippen MR) is 53.5 cm³/mol. The summed E-state index contributed by atoms with van der Waals surface area (Å²) in [5, 5.41) is 47.5. The Kier molecular flexibility index (Phi) is 7.30. The zero-order chi connectivity index (χ0) is 14.1. The fourth-order valence-electron chi connectivity index (χ4n) is 0.767. The minimum absolute atomic E-state index is 0.0401. The van der Waals surface area contributed by atoms with Crippen molar-refractivity contribution < 1.29 is 30.0 Å². The number of rotatable bonds is 5. The average molecular weight is 263 g/mol. The number of nitrogens with two attached hydrogens (primary N) is 1. The Morgan fingerprint density at radius 1 is 1.28 bits per heavy atom. The highest BCUT2D eigenvalue weighted by Gasteiger charge is 2.32. The van der Waals surface area contributed by atoms with E-state index in [-0.39, 0.29) is 6.29 Å². The van der Waals surface area contributed by atoms with Gasteiger partial charge in [-0.05, 0) is 0 Å². The number of aromatic nitrogens is 4. The van der Waals surface area contributed by atoms with Gasteiger partial charge in [-0.1, -0.05) is 5.21 Å². The van der Waals surface area contributed by atoms with Crippen LogP contribution >= 0.6 is 0 Å². The van der Waals surface area contributed by atoms with Crippen LogP contribution in [0.4, 0.5) is 0 Å². The summed E-state index contributed by atoms with van der Waals surface area (Å²) in [4.78, 5) is 20.2. The standard InChI is InChI=1S/C6H11NO6.CH2N4/c7-6(13)5(12)4(11)3(10)2(9)1-8;1-2-4-5-3-1/h1-5,9-12H,(H2,7,13);1H,(H,2,3,4,5). The quantitative estimate of drug-likeness (QED) is 0.283. The minimum Gasteiger partial charge on any atom is -0.387 e. The molecule has 0 radical (unpaired) electrons. The number of amides is 1. The summed E-state index contributed by atoms with van der Waals surface area (Å²) in [5.74, 6) is -1.26. The van der Waals surface area contributed by atoms with Gasteiger partial charge in [0.2, 0.25) is 5.91 Å². The molecule has 1 aromatic heterocycles. The average Bonchev–Trinajstić information content (AvgIpc) is 2.93. The van der Waals surface area contributed by atoms with Crippen LogP contribution < -0.4 is 5.73 Å². The topological polar surface area (TPSA) is 196 Å².